The molecule has 1 heterocycles. The second kappa shape index (κ2) is 6.19. The van der Waals surface area contributed by atoms with Gasteiger partial charge in [0.05, 0.1) is 12.3 Å². The summed E-state index contributed by atoms with van der Waals surface area (Å²) in [5, 5.41) is 0. The maximum absolute atomic E-state index is 5.86. The number of para-hydroxylation sites is 2. The number of hydrogen-bond donors (Lipinski definition) is 1. The molecule has 1 aliphatic rings. The Morgan fingerprint density at radius 1 is 1.14 bits per heavy atom. The molecule has 21 heavy (non-hydrogen) atoms. The van der Waals surface area contributed by atoms with Crippen molar-refractivity contribution in [2.75, 3.05) is 24.6 Å². The summed E-state index contributed by atoms with van der Waals surface area (Å²) in [5.41, 5.74) is 10.8. The largest absolute Gasteiger partial charge is 0.491 e. The van der Waals surface area contributed by atoms with Crippen LogP contribution in [0.15, 0.2) is 42.5 Å². The second-order valence-corrected chi connectivity index (χ2v) is 5.49. The van der Waals surface area contributed by atoms with E-state index >= 15 is 0 Å². The molecule has 2 N–H and O–H groups in total. The van der Waals surface area contributed by atoms with Crippen LogP contribution in [-0.4, -0.2) is 19.7 Å². The van der Waals surface area contributed by atoms with Gasteiger partial charge in [0, 0.05) is 12.2 Å². The molecular formula is C18H22N2O. The van der Waals surface area contributed by atoms with Crippen molar-refractivity contribution in [1.82, 2.24) is 0 Å². The fourth-order valence-corrected chi connectivity index (χ4v) is 2.91. The quantitative estimate of drug-likeness (QED) is 0.937. The van der Waals surface area contributed by atoms with Crippen molar-refractivity contribution in [1.29, 1.82) is 0 Å². The fraction of sp³-hybridized carbons (Fsp3) is 0.333. The van der Waals surface area contributed by atoms with Crippen molar-refractivity contribution >= 4 is 11.4 Å². The molecule has 0 atom stereocenters. The minimum atomic E-state index is 0.669. The zero-order valence-electron chi connectivity index (χ0n) is 12.5. The highest BCUT2D eigenvalue weighted by Crippen LogP contribution is 2.37. The standard InChI is InChI=1S/C18H22N2O/c1-14-7-8-16(15(13-14)9-10-19)20-11-4-12-21-18-6-3-2-5-17(18)20/h2-3,5-8,13H,4,9-12,19H2,1H3. The summed E-state index contributed by atoms with van der Waals surface area (Å²) >= 11 is 0. The minimum absolute atomic E-state index is 0.669. The number of nitrogens with zero attached hydrogens (tertiary/aromatic N) is 1. The Hall–Kier alpha value is -2.00. The normalized spacial score (nSPS) is 14.3. The molecular weight excluding hydrogens is 260 g/mol. The molecule has 0 fully saturated rings. The molecule has 2 aromatic carbocycles. The molecule has 0 amide bonds. The molecule has 3 nitrogen and oxygen atoms in total. The van der Waals surface area contributed by atoms with Crippen LogP contribution in [0.4, 0.5) is 11.4 Å². The van der Waals surface area contributed by atoms with Crippen LogP contribution in [0.1, 0.15) is 17.5 Å². The van der Waals surface area contributed by atoms with Crippen LogP contribution in [0.25, 0.3) is 0 Å². The van der Waals surface area contributed by atoms with Crippen LogP contribution in [0.5, 0.6) is 5.75 Å². The van der Waals surface area contributed by atoms with Crippen molar-refractivity contribution < 1.29 is 4.74 Å². The lowest BCUT2D eigenvalue weighted by atomic mass is 10.0. The lowest BCUT2D eigenvalue weighted by Gasteiger charge is -2.26. The van der Waals surface area contributed by atoms with Crippen LogP contribution in [0, 0.1) is 6.92 Å². The predicted octanol–water partition coefficient (Wildman–Crippen LogP) is 3.42. The summed E-state index contributed by atoms with van der Waals surface area (Å²) in [4.78, 5) is 2.37. The molecule has 0 saturated heterocycles. The van der Waals surface area contributed by atoms with E-state index in [-0.39, 0.29) is 0 Å². The Morgan fingerprint density at radius 2 is 2.00 bits per heavy atom. The molecule has 0 aromatic heterocycles. The maximum Gasteiger partial charge on any atom is 0.142 e. The van der Waals surface area contributed by atoms with E-state index < -0.39 is 0 Å². The summed E-state index contributed by atoms with van der Waals surface area (Å²) in [6.07, 6.45) is 1.92. The number of anilines is 2. The van der Waals surface area contributed by atoms with E-state index in [4.69, 9.17) is 10.5 Å². The van der Waals surface area contributed by atoms with Crippen LogP contribution in [-0.2, 0) is 6.42 Å². The topological polar surface area (TPSA) is 38.5 Å². The number of benzene rings is 2. The van der Waals surface area contributed by atoms with Gasteiger partial charge in [-0.3, -0.25) is 0 Å². The van der Waals surface area contributed by atoms with Gasteiger partial charge in [0.1, 0.15) is 5.75 Å². The average Bonchev–Trinajstić information content (AvgIpc) is 2.70. The number of rotatable bonds is 3. The van der Waals surface area contributed by atoms with Gasteiger partial charge >= 0.3 is 0 Å². The van der Waals surface area contributed by atoms with Crippen molar-refractivity contribution in [3.05, 3.63) is 53.6 Å². The summed E-state index contributed by atoms with van der Waals surface area (Å²) < 4.78 is 5.86. The molecule has 3 rings (SSSR count). The molecule has 3 heteroatoms. The van der Waals surface area contributed by atoms with E-state index in [2.05, 4.69) is 42.2 Å². The summed E-state index contributed by atoms with van der Waals surface area (Å²) in [7, 11) is 0. The molecule has 0 aliphatic carbocycles. The van der Waals surface area contributed by atoms with E-state index in [0.29, 0.717) is 6.54 Å². The first-order valence-corrected chi connectivity index (χ1v) is 7.58. The number of aryl methyl sites for hydroxylation is 1. The third-order valence-corrected chi connectivity index (χ3v) is 3.88. The average molecular weight is 282 g/mol. The SMILES string of the molecule is Cc1ccc(N2CCCOc3ccccc32)c(CCN)c1. The third-order valence-electron chi connectivity index (χ3n) is 3.88. The molecule has 0 radical (unpaired) electrons. The van der Waals surface area contributed by atoms with Gasteiger partial charge in [-0.05, 0) is 50.1 Å². The monoisotopic (exact) mass is 282 g/mol. The van der Waals surface area contributed by atoms with Crippen molar-refractivity contribution in [2.24, 2.45) is 5.73 Å². The zero-order chi connectivity index (χ0) is 14.7. The molecule has 110 valence electrons. The first kappa shape index (κ1) is 14.0. The second-order valence-electron chi connectivity index (χ2n) is 5.49. The fourth-order valence-electron chi connectivity index (χ4n) is 2.91. The van der Waals surface area contributed by atoms with Crippen molar-refractivity contribution in [3.63, 3.8) is 0 Å². The molecule has 0 saturated carbocycles. The van der Waals surface area contributed by atoms with Crippen LogP contribution in [0.2, 0.25) is 0 Å². The number of nitrogens with two attached hydrogens (primary N) is 1. The van der Waals surface area contributed by atoms with Gasteiger partial charge in [0.25, 0.3) is 0 Å². The van der Waals surface area contributed by atoms with E-state index in [9.17, 15) is 0 Å². The van der Waals surface area contributed by atoms with Crippen LogP contribution >= 0.6 is 0 Å². The van der Waals surface area contributed by atoms with E-state index in [0.717, 1.165) is 37.4 Å². The number of fused-ring (bicyclic) bond motifs is 1. The minimum Gasteiger partial charge on any atom is -0.491 e. The summed E-state index contributed by atoms with van der Waals surface area (Å²) in [6.45, 7) is 4.54. The highest BCUT2D eigenvalue weighted by atomic mass is 16.5. The van der Waals surface area contributed by atoms with Gasteiger partial charge in [0.15, 0.2) is 0 Å². The third kappa shape index (κ3) is 2.88. The summed E-state index contributed by atoms with van der Waals surface area (Å²) in [6, 6.07) is 14.9. The first-order chi connectivity index (χ1) is 10.3. The zero-order valence-corrected chi connectivity index (χ0v) is 12.5. The van der Waals surface area contributed by atoms with Crippen molar-refractivity contribution in [2.45, 2.75) is 19.8 Å². The lowest BCUT2D eigenvalue weighted by molar-refractivity contribution is 0.322. The molecule has 0 spiro atoms. The lowest BCUT2D eigenvalue weighted by Crippen LogP contribution is -2.20. The van der Waals surface area contributed by atoms with E-state index in [1.807, 2.05) is 12.1 Å². The molecule has 1 aliphatic heterocycles. The van der Waals surface area contributed by atoms with Gasteiger partial charge in [0.2, 0.25) is 0 Å². The van der Waals surface area contributed by atoms with Gasteiger partial charge < -0.3 is 15.4 Å². The molecule has 0 unspecified atom stereocenters. The Balaban J connectivity index is 2.07. The van der Waals surface area contributed by atoms with Crippen LogP contribution < -0.4 is 15.4 Å². The smallest absolute Gasteiger partial charge is 0.142 e. The van der Waals surface area contributed by atoms with Gasteiger partial charge in [-0.2, -0.15) is 0 Å². The summed E-state index contributed by atoms with van der Waals surface area (Å²) in [5.74, 6) is 0.967. The Morgan fingerprint density at radius 3 is 2.86 bits per heavy atom. The van der Waals surface area contributed by atoms with Crippen LogP contribution in [0.3, 0.4) is 0 Å². The van der Waals surface area contributed by atoms with Crippen molar-refractivity contribution in [3.8, 4) is 5.75 Å². The highest BCUT2D eigenvalue weighted by molar-refractivity contribution is 5.72. The Labute approximate surface area is 126 Å². The van der Waals surface area contributed by atoms with Gasteiger partial charge in [-0.15, -0.1) is 0 Å². The predicted molar refractivity (Wildman–Crippen MR) is 87.5 cm³/mol. The number of ether oxygens (including phenoxy) is 1. The maximum atomic E-state index is 5.86. The van der Waals surface area contributed by atoms with Gasteiger partial charge in [-0.25, -0.2) is 0 Å². The first-order valence-electron chi connectivity index (χ1n) is 7.58. The molecule has 0 bridgehead atoms. The molecule has 2 aromatic rings. The highest BCUT2D eigenvalue weighted by Gasteiger charge is 2.19. The van der Waals surface area contributed by atoms with E-state index in [1.165, 1.54) is 16.8 Å². The van der Waals surface area contributed by atoms with Gasteiger partial charge in [-0.1, -0.05) is 29.8 Å². The van der Waals surface area contributed by atoms with E-state index in [1.54, 1.807) is 0 Å². The Bertz CT molecular complexity index is 624. The number of hydrogen-bond acceptors (Lipinski definition) is 3. The Kier molecular flexibility index (Phi) is 4.11.